The fourth-order valence-electron chi connectivity index (χ4n) is 2.94. The number of benzene rings is 2. The molecule has 2 aromatic carbocycles. The number of rotatable bonds is 10. The van der Waals surface area contributed by atoms with Gasteiger partial charge < -0.3 is 19.5 Å². The molecule has 150 valence electrons. The Labute approximate surface area is 174 Å². The van der Waals surface area contributed by atoms with Crippen molar-refractivity contribution in [1.29, 1.82) is 0 Å². The average molecular weight is 448 g/mol. The van der Waals surface area contributed by atoms with Gasteiger partial charge in [0, 0.05) is 24.0 Å². The van der Waals surface area contributed by atoms with Crippen LogP contribution in [0.25, 0.3) is 0 Å². The Hall–Kier alpha value is -2.05. The molecule has 1 saturated heterocycles. The van der Waals surface area contributed by atoms with Gasteiger partial charge in [0.15, 0.2) is 0 Å². The van der Waals surface area contributed by atoms with Crippen LogP contribution in [0.1, 0.15) is 31.2 Å². The van der Waals surface area contributed by atoms with E-state index in [2.05, 4.69) is 21.2 Å². The molecule has 0 saturated carbocycles. The highest BCUT2D eigenvalue weighted by atomic mass is 79.9. The van der Waals surface area contributed by atoms with Crippen molar-refractivity contribution in [2.75, 3.05) is 19.8 Å². The van der Waals surface area contributed by atoms with Crippen LogP contribution in [-0.2, 0) is 16.1 Å². The van der Waals surface area contributed by atoms with E-state index in [1.54, 1.807) is 0 Å². The lowest BCUT2D eigenvalue weighted by atomic mass is 10.2. The van der Waals surface area contributed by atoms with Gasteiger partial charge in [0.05, 0.1) is 12.7 Å². The van der Waals surface area contributed by atoms with Gasteiger partial charge in [-0.25, -0.2) is 0 Å². The molecule has 28 heavy (non-hydrogen) atoms. The largest absolute Gasteiger partial charge is 0.494 e. The fraction of sp³-hybridized carbons (Fsp3) is 0.409. The Balaban J connectivity index is 1.29. The molecule has 1 atom stereocenters. The molecule has 1 heterocycles. The lowest BCUT2D eigenvalue weighted by Crippen LogP contribution is -2.23. The van der Waals surface area contributed by atoms with Crippen molar-refractivity contribution in [2.24, 2.45) is 0 Å². The molecule has 1 amide bonds. The van der Waals surface area contributed by atoms with Gasteiger partial charge in [-0.2, -0.15) is 0 Å². The molecule has 2 aromatic rings. The van der Waals surface area contributed by atoms with Crippen LogP contribution in [0.15, 0.2) is 53.0 Å². The molecule has 1 unspecified atom stereocenters. The number of hydrogen-bond acceptors (Lipinski definition) is 4. The van der Waals surface area contributed by atoms with Crippen LogP contribution in [0.5, 0.6) is 11.5 Å². The lowest BCUT2D eigenvalue weighted by Gasteiger charge is -2.12. The van der Waals surface area contributed by atoms with Gasteiger partial charge in [-0.15, -0.1) is 0 Å². The van der Waals surface area contributed by atoms with E-state index >= 15 is 0 Å². The van der Waals surface area contributed by atoms with Crippen molar-refractivity contribution < 1.29 is 19.0 Å². The number of hydrogen-bond donors (Lipinski definition) is 1. The molecule has 6 heteroatoms. The van der Waals surface area contributed by atoms with Gasteiger partial charge >= 0.3 is 0 Å². The monoisotopic (exact) mass is 447 g/mol. The number of nitrogens with one attached hydrogen (secondary N) is 1. The van der Waals surface area contributed by atoms with Gasteiger partial charge in [0.2, 0.25) is 5.91 Å². The second-order valence-corrected chi connectivity index (χ2v) is 7.69. The summed E-state index contributed by atoms with van der Waals surface area (Å²) in [6, 6.07) is 15.5. The third-order valence-electron chi connectivity index (χ3n) is 4.49. The molecular weight excluding hydrogens is 422 g/mol. The fourth-order valence-corrected chi connectivity index (χ4v) is 3.32. The van der Waals surface area contributed by atoms with Gasteiger partial charge in [-0.3, -0.25) is 4.79 Å². The van der Waals surface area contributed by atoms with Crippen molar-refractivity contribution >= 4 is 21.8 Å². The molecule has 1 aliphatic rings. The maximum Gasteiger partial charge on any atom is 0.220 e. The topological polar surface area (TPSA) is 56.8 Å². The van der Waals surface area contributed by atoms with Gasteiger partial charge in [0.1, 0.15) is 18.1 Å². The Morgan fingerprint density at radius 2 is 2.00 bits per heavy atom. The van der Waals surface area contributed by atoms with Crippen LogP contribution >= 0.6 is 15.9 Å². The SMILES string of the molecule is O=C(CCCOc1cccc(Br)c1)NCc1ccc(OCC2CCCO2)cc1. The number of ether oxygens (including phenoxy) is 3. The smallest absolute Gasteiger partial charge is 0.220 e. The first kappa shape index (κ1) is 20.7. The summed E-state index contributed by atoms with van der Waals surface area (Å²) < 4.78 is 17.9. The van der Waals surface area contributed by atoms with Crippen LogP contribution in [0.2, 0.25) is 0 Å². The van der Waals surface area contributed by atoms with E-state index in [0.29, 0.717) is 32.6 Å². The summed E-state index contributed by atoms with van der Waals surface area (Å²) >= 11 is 3.41. The van der Waals surface area contributed by atoms with Gasteiger partial charge in [-0.05, 0) is 55.2 Å². The molecule has 0 spiro atoms. The summed E-state index contributed by atoms with van der Waals surface area (Å²) in [6.45, 7) is 2.46. The highest BCUT2D eigenvalue weighted by Crippen LogP contribution is 2.18. The quantitative estimate of drug-likeness (QED) is 0.545. The van der Waals surface area contributed by atoms with Crippen LogP contribution in [0.3, 0.4) is 0 Å². The summed E-state index contributed by atoms with van der Waals surface area (Å²) in [5, 5.41) is 2.94. The molecule has 0 bridgehead atoms. The third kappa shape index (κ3) is 7.17. The van der Waals surface area contributed by atoms with E-state index in [1.807, 2.05) is 48.5 Å². The number of carbonyl (C=O) groups excluding carboxylic acids is 1. The first-order chi connectivity index (χ1) is 13.7. The zero-order chi connectivity index (χ0) is 19.6. The van der Waals surface area contributed by atoms with E-state index in [4.69, 9.17) is 14.2 Å². The maximum atomic E-state index is 12.0. The first-order valence-corrected chi connectivity index (χ1v) is 10.5. The highest BCUT2D eigenvalue weighted by molar-refractivity contribution is 9.10. The summed E-state index contributed by atoms with van der Waals surface area (Å²) in [7, 11) is 0. The van der Waals surface area contributed by atoms with Crippen molar-refractivity contribution in [3.05, 3.63) is 58.6 Å². The Bertz CT molecular complexity index is 744. The summed E-state index contributed by atoms with van der Waals surface area (Å²) in [6.07, 6.45) is 3.51. The van der Waals surface area contributed by atoms with Crippen LogP contribution < -0.4 is 14.8 Å². The van der Waals surface area contributed by atoms with E-state index < -0.39 is 0 Å². The van der Waals surface area contributed by atoms with Crippen molar-refractivity contribution in [1.82, 2.24) is 5.32 Å². The van der Waals surface area contributed by atoms with Crippen molar-refractivity contribution in [3.8, 4) is 11.5 Å². The van der Waals surface area contributed by atoms with Crippen LogP contribution in [0, 0.1) is 0 Å². The Morgan fingerprint density at radius 1 is 1.14 bits per heavy atom. The second kappa shape index (κ2) is 11.1. The minimum atomic E-state index is 0.0246. The zero-order valence-electron chi connectivity index (χ0n) is 15.9. The van der Waals surface area contributed by atoms with E-state index in [9.17, 15) is 4.79 Å². The first-order valence-electron chi connectivity index (χ1n) is 9.67. The summed E-state index contributed by atoms with van der Waals surface area (Å²) in [5.74, 6) is 1.66. The molecule has 5 nitrogen and oxygen atoms in total. The van der Waals surface area contributed by atoms with Gasteiger partial charge in [0.25, 0.3) is 0 Å². The number of halogens is 1. The van der Waals surface area contributed by atoms with E-state index in [-0.39, 0.29) is 12.0 Å². The Morgan fingerprint density at radius 3 is 2.75 bits per heavy atom. The van der Waals surface area contributed by atoms with E-state index in [0.717, 1.165) is 41.0 Å². The Kier molecular flexibility index (Phi) is 8.18. The highest BCUT2D eigenvalue weighted by Gasteiger charge is 2.15. The van der Waals surface area contributed by atoms with Crippen LogP contribution in [0.4, 0.5) is 0 Å². The van der Waals surface area contributed by atoms with Crippen LogP contribution in [-0.4, -0.2) is 31.8 Å². The molecule has 1 N–H and O–H groups in total. The predicted octanol–water partition coefficient (Wildman–Crippen LogP) is 4.48. The number of carbonyl (C=O) groups is 1. The second-order valence-electron chi connectivity index (χ2n) is 6.78. The standard InChI is InChI=1S/C22H26BrNO4/c23-18-4-1-5-20(14-18)26-13-3-7-22(25)24-15-17-8-10-19(11-9-17)28-16-21-6-2-12-27-21/h1,4-5,8-11,14,21H,2-3,6-7,12-13,15-16H2,(H,24,25). The average Bonchev–Trinajstić information content (AvgIpc) is 3.23. The molecule has 0 aromatic heterocycles. The van der Waals surface area contributed by atoms with E-state index in [1.165, 1.54) is 0 Å². The van der Waals surface area contributed by atoms with Gasteiger partial charge in [-0.1, -0.05) is 34.1 Å². The maximum absolute atomic E-state index is 12.0. The molecule has 1 aliphatic heterocycles. The lowest BCUT2D eigenvalue weighted by molar-refractivity contribution is -0.121. The molecule has 1 fully saturated rings. The molecule has 0 aliphatic carbocycles. The molecule has 0 radical (unpaired) electrons. The van der Waals surface area contributed by atoms with Crippen molar-refractivity contribution in [3.63, 3.8) is 0 Å². The number of amides is 1. The normalized spacial score (nSPS) is 16.0. The third-order valence-corrected chi connectivity index (χ3v) is 4.98. The van der Waals surface area contributed by atoms with Crippen molar-refractivity contribution in [2.45, 2.75) is 38.3 Å². The minimum absolute atomic E-state index is 0.0246. The minimum Gasteiger partial charge on any atom is -0.494 e. The predicted molar refractivity (Wildman–Crippen MR) is 112 cm³/mol. The zero-order valence-corrected chi connectivity index (χ0v) is 17.4. The molecule has 3 rings (SSSR count). The summed E-state index contributed by atoms with van der Waals surface area (Å²) in [5.41, 5.74) is 1.04. The molecular formula is C22H26BrNO4. The summed E-state index contributed by atoms with van der Waals surface area (Å²) in [4.78, 5) is 12.0.